The van der Waals surface area contributed by atoms with Gasteiger partial charge in [0.1, 0.15) is 0 Å². The average molecular weight is 213 g/mol. The third-order valence-corrected chi connectivity index (χ3v) is 2.86. The molecule has 15 heavy (non-hydrogen) atoms. The Labute approximate surface area is 94.8 Å². The van der Waals surface area contributed by atoms with Crippen molar-refractivity contribution in [1.29, 1.82) is 0 Å². The molecule has 0 aromatic heterocycles. The number of morpholine rings is 1. The molecule has 0 aromatic rings. The third kappa shape index (κ3) is 4.52. The number of nitrogens with one attached hydrogen (secondary N) is 1. The zero-order chi connectivity index (χ0) is 11.7. The number of rotatable bonds is 1. The molecule has 2 nitrogen and oxygen atoms in total. The summed E-state index contributed by atoms with van der Waals surface area (Å²) in [5, 5.41) is 3.49. The molecule has 1 saturated heterocycles. The van der Waals surface area contributed by atoms with Crippen molar-refractivity contribution >= 4 is 0 Å². The molecule has 0 radical (unpaired) electrons. The summed E-state index contributed by atoms with van der Waals surface area (Å²) in [7, 11) is 0. The van der Waals surface area contributed by atoms with Crippen molar-refractivity contribution < 1.29 is 4.74 Å². The summed E-state index contributed by atoms with van der Waals surface area (Å²) in [4.78, 5) is 0. The molecule has 2 atom stereocenters. The van der Waals surface area contributed by atoms with E-state index in [-0.39, 0.29) is 5.41 Å². The molecule has 1 N–H and O–H groups in total. The molecule has 90 valence electrons. The minimum absolute atomic E-state index is 0.240. The second-order valence-electron chi connectivity index (χ2n) is 7.04. The maximum atomic E-state index is 6.16. The van der Waals surface area contributed by atoms with Crippen molar-refractivity contribution in [2.24, 2.45) is 10.8 Å². The second kappa shape index (κ2) is 4.42. The Morgan fingerprint density at radius 2 is 1.67 bits per heavy atom. The van der Waals surface area contributed by atoms with Crippen molar-refractivity contribution in [3.8, 4) is 0 Å². The summed E-state index contributed by atoms with van der Waals surface area (Å²) in [5.41, 5.74) is 0.593. The normalized spacial score (nSPS) is 29.2. The van der Waals surface area contributed by atoms with Crippen LogP contribution in [-0.2, 0) is 4.74 Å². The van der Waals surface area contributed by atoms with Gasteiger partial charge in [-0.2, -0.15) is 0 Å². The zero-order valence-electron chi connectivity index (χ0n) is 11.2. The van der Waals surface area contributed by atoms with E-state index in [9.17, 15) is 0 Å². The molecular formula is C13H27NO. The van der Waals surface area contributed by atoms with Crippen LogP contribution in [0.3, 0.4) is 0 Å². The molecule has 0 spiro atoms. The standard InChI is InChI=1S/C13H27NO/c1-12(2,3)7-10-8-14-9-11(15-10)13(4,5)6/h10-11,14H,7-9H2,1-6H3. The highest BCUT2D eigenvalue weighted by Crippen LogP contribution is 2.29. The van der Waals surface area contributed by atoms with Gasteiger partial charge >= 0.3 is 0 Å². The van der Waals surface area contributed by atoms with Crippen molar-refractivity contribution in [3.05, 3.63) is 0 Å². The van der Waals surface area contributed by atoms with Crippen molar-refractivity contribution in [2.75, 3.05) is 13.1 Å². The molecule has 0 aromatic carbocycles. The maximum Gasteiger partial charge on any atom is 0.0752 e. The molecule has 0 amide bonds. The van der Waals surface area contributed by atoms with Gasteiger partial charge in [-0.05, 0) is 17.3 Å². The zero-order valence-corrected chi connectivity index (χ0v) is 11.2. The van der Waals surface area contributed by atoms with Crippen LogP contribution in [0.1, 0.15) is 48.0 Å². The summed E-state index contributed by atoms with van der Waals surface area (Å²) in [5.74, 6) is 0. The predicted molar refractivity (Wildman–Crippen MR) is 65.1 cm³/mol. The summed E-state index contributed by atoms with van der Waals surface area (Å²) in [6.07, 6.45) is 1.86. The van der Waals surface area contributed by atoms with Gasteiger partial charge in [0.05, 0.1) is 12.2 Å². The Balaban J connectivity index is 2.50. The Bertz CT molecular complexity index is 200. The largest absolute Gasteiger partial charge is 0.372 e. The molecule has 0 aliphatic carbocycles. The first-order valence-electron chi connectivity index (χ1n) is 6.05. The fraction of sp³-hybridized carbons (Fsp3) is 1.00. The lowest BCUT2D eigenvalue weighted by Gasteiger charge is -2.40. The van der Waals surface area contributed by atoms with E-state index in [4.69, 9.17) is 4.74 Å². The Hall–Kier alpha value is -0.0800. The van der Waals surface area contributed by atoms with Crippen LogP contribution in [0.2, 0.25) is 0 Å². The molecule has 1 rings (SSSR count). The van der Waals surface area contributed by atoms with Crippen LogP contribution in [0.25, 0.3) is 0 Å². The number of hydrogen-bond donors (Lipinski definition) is 1. The lowest BCUT2D eigenvalue weighted by Crippen LogP contribution is -2.50. The molecule has 0 saturated carbocycles. The van der Waals surface area contributed by atoms with E-state index in [1.165, 1.54) is 0 Å². The molecule has 2 heteroatoms. The fourth-order valence-corrected chi connectivity index (χ4v) is 2.02. The first kappa shape index (κ1) is 13.0. The molecule has 1 aliphatic rings. The lowest BCUT2D eigenvalue weighted by molar-refractivity contribution is -0.0979. The van der Waals surface area contributed by atoms with E-state index >= 15 is 0 Å². The summed E-state index contributed by atoms with van der Waals surface area (Å²) in [6, 6.07) is 0. The van der Waals surface area contributed by atoms with Gasteiger partial charge in [0.15, 0.2) is 0 Å². The van der Waals surface area contributed by atoms with Crippen LogP contribution in [0, 0.1) is 10.8 Å². The first-order chi connectivity index (χ1) is 6.68. The van der Waals surface area contributed by atoms with Crippen LogP contribution in [0.15, 0.2) is 0 Å². The van der Waals surface area contributed by atoms with E-state index < -0.39 is 0 Å². The molecule has 0 bridgehead atoms. The quantitative estimate of drug-likeness (QED) is 0.723. The van der Waals surface area contributed by atoms with Gasteiger partial charge in [0.25, 0.3) is 0 Å². The first-order valence-corrected chi connectivity index (χ1v) is 6.05. The summed E-state index contributed by atoms with van der Waals surface area (Å²) >= 11 is 0. The van der Waals surface area contributed by atoms with E-state index in [2.05, 4.69) is 46.9 Å². The monoisotopic (exact) mass is 213 g/mol. The van der Waals surface area contributed by atoms with Crippen molar-refractivity contribution in [1.82, 2.24) is 5.32 Å². The Morgan fingerprint density at radius 1 is 1.07 bits per heavy atom. The number of ether oxygens (including phenoxy) is 1. The molecule has 1 aliphatic heterocycles. The van der Waals surface area contributed by atoms with Gasteiger partial charge in [0.2, 0.25) is 0 Å². The topological polar surface area (TPSA) is 21.3 Å². The van der Waals surface area contributed by atoms with E-state index in [1.54, 1.807) is 0 Å². The lowest BCUT2D eigenvalue weighted by atomic mass is 9.85. The van der Waals surface area contributed by atoms with Gasteiger partial charge in [-0.25, -0.2) is 0 Å². The number of hydrogen-bond acceptors (Lipinski definition) is 2. The van der Waals surface area contributed by atoms with Gasteiger partial charge in [-0.3, -0.25) is 0 Å². The Morgan fingerprint density at radius 3 is 2.13 bits per heavy atom. The van der Waals surface area contributed by atoms with Crippen LogP contribution < -0.4 is 5.32 Å². The average Bonchev–Trinajstić information content (AvgIpc) is 1.99. The molecular weight excluding hydrogens is 186 g/mol. The molecule has 1 fully saturated rings. The van der Waals surface area contributed by atoms with Crippen molar-refractivity contribution in [3.63, 3.8) is 0 Å². The van der Waals surface area contributed by atoms with Gasteiger partial charge in [0, 0.05) is 13.1 Å². The van der Waals surface area contributed by atoms with Gasteiger partial charge in [-0.15, -0.1) is 0 Å². The van der Waals surface area contributed by atoms with Crippen LogP contribution in [-0.4, -0.2) is 25.3 Å². The van der Waals surface area contributed by atoms with Gasteiger partial charge in [-0.1, -0.05) is 41.5 Å². The minimum Gasteiger partial charge on any atom is -0.372 e. The smallest absolute Gasteiger partial charge is 0.0752 e. The highest BCUT2D eigenvalue weighted by atomic mass is 16.5. The van der Waals surface area contributed by atoms with E-state index in [0.717, 1.165) is 19.5 Å². The predicted octanol–water partition coefficient (Wildman–Crippen LogP) is 2.83. The van der Waals surface area contributed by atoms with Crippen LogP contribution in [0.5, 0.6) is 0 Å². The maximum absolute atomic E-state index is 6.16. The molecule has 2 unspecified atom stereocenters. The summed E-state index contributed by atoms with van der Waals surface area (Å²) < 4.78 is 6.16. The molecule has 1 heterocycles. The van der Waals surface area contributed by atoms with E-state index in [0.29, 0.717) is 17.6 Å². The second-order valence-corrected chi connectivity index (χ2v) is 7.04. The highest BCUT2D eigenvalue weighted by Gasteiger charge is 2.32. The minimum atomic E-state index is 0.240. The van der Waals surface area contributed by atoms with E-state index in [1.807, 2.05) is 0 Å². The SMILES string of the molecule is CC(C)(C)CC1CNCC(C(C)(C)C)O1. The van der Waals surface area contributed by atoms with Crippen LogP contribution >= 0.6 is 0 Å². The highest BCUT2D eigenvalue weighted by molar-refractivity contribution is 4.84. The third-order valence-electron chi connectivity index (χ3n) is 2.86. The summed E-state index contributed by atoms with van der Waals surface area (Å²) in [6.45, 7) is 15.6. The Kier molecular flexibility index (Phi) is 3.83. The van der Waals surface area contributed by atoms with Crippen molar-refractivity contribution in [2.45, 2.75) is 60.2 Å². The van der Waals surface area contributed by atoms with Crippen LogP contribution in [0.4, 0.5) is 0 Å². The fourth-order valence-electron chi connectivity index (χ4n) is 2.02. The van der Waals surface area contributed by atoms with Gasteiger partial charge < -0.3 is 10.1 Å².